The lowest BCUT2D eigenvalue weighted by molar-refractivity contribution is -0.363. The summed E-state index contributed by atoms with van der Waals surface area (Å²) in [5, 5.41) is 2.22. The summed E-state index contributed by atoms with van der Waals surface area (Å²) in [6.45, 7) is 3.59. The number of carbonyl (C=O) groups excluding carboxylic acids is 3. The van der Waals surface area contributed by atoms with Gasteiger partial charge < -0.3 is 36.2 Å². The number of rotatable bonds is 11. The fourth-order valence-corrected chi connectivity index (χ4v) is 12.1. The van der Waals surface area contributed by atoms with Gasteiger partial charge in [0.05, 0.1) is 16.7 Å². The Morgan fingerprint density at radius 2 is 1.20 bits per heavy atom. The molecular formula is C64H47BF5N3O9. The maximum absolute atomic E-state index is 17.8. The molecule has 3 aromatic heterocycles. The molecule has 0 N–H and O–H groups in total. The fraction of sp³-hybridized carbons (Fsp3) is 0.156. The van der Waals surface area contributed by atoms with Gasteiger partial charge >= 0.3 is 31.1 Å². The molecule has 0 atom stereocenters. The number of esters is 3. The van der Waals surface area contributed by atoms with E-state index in [0.717, 1.165) is 25.7 Å². The first kappa shape index (κ1) is 53.0. The van der Waals surface area contributed by atoms with Crippen LogP contribution in [0.4, 0.5) is 21.8 Å². The van der Waals surface area contributed by atoms with Crippen LogP contribution < -0.4 is 15.9 Å². The zero-order valence-corrected chi connectivity index (χ0v) is 44.9. The van der Waals surface area contributed by atoms with Gasteiger partial charge in [-0.2, -0.15) is 13.2 Å². The van der Waals surface area contributed by atoms with Crippen LogP contribution in [0.2, 0.25) is 0 Å². The van der Waals surface area contributed by atoms with Crippen molar-refractivity contribution in [2.75, 3.05) is 0 Å². The van der Waals surface area contributed by atoms with Crippen molar-refractivity contribution in [1.29, 1.82) is 0 Å². The molecule has 0 radical (unpaired) electrons. The molecule has 5 heterocycles. The third kappa shape index (κ3) is 8.50. The van der Waals surface area contributed by atoms with Crippen LogP contribution >= 0.6 is 0 Å². The number of halogens is 5. The molecule has 0 unspecified atom stereocenters. The minimum atomic E-state index is -4.80. The first-order chi connectivity index (χ1) is 39.1. The minimum Gasteiger partial charge on any atom is -0.457 e. The van der Waals surface area contributed by atoms with Gasteiger partial charge in [-0.05, 0) is 145 Å². The van der Waals surface area contributed by atoms with Gasteiger partial charge in [-0.3, -0.25) is 14.2 Å². The van der Waals surface area contributed by atoms with Gasteiger partial charge in [-0.1, -0.05) is 84.9 Å². The van der Waals surface area contributed by atoms with Crippen molar-refractivity contribution < 1.29 is 59.3 Å². The number of aryl methyl sites for hydroxylation is 2. The molecule has 2 aliphatic rings. The molecule has 0 spiro atoms. The molecule has 0 amide bonds. The standard InChI is InChI=1S/C64H47BF5N3O9/c1-33-27-44(81-51(74)30-71-60(75)46-23-22-45-48-29-42(41-17-20-43(21-18-41)64(66,67)68)19-25-49(48)82-50-26-24-47(61(71)76)55(46)56(45)50)28-34(2)52(33)57-58-35(3)53(62(77)79-31-39-13-9-7-10-14-39)37(5)72(58)65(69,70)73-38(6)54(36(4)59(57)73)63(78)80-32-40-15-11-8-12-16-40/h7-29H,30-32H2,1-6H3. The van der Waals surface area contributed by atoms with Crippen LogP contribution in [0.15, 0.2) is 170 Å². The number of ether oxygens (including phenoxy) is 3. The lowest BCUT2D eigenvalue weighted by Gasteiger charge is -2.34. The zero-order valence-electron chi connectivity index (χ0n) is 44.9. The highest BCUT2D eigenvalue weighted by molar-refractivity contribution is 6.59. The maximum atomic E-state index is 17.8. The van der Waals surface area contributed by atoms with Crippen molar-refractivity contribution >= 4 is 79.6 Å². The first-order valence-corrected chi connectivity index (χ1v) is 26.2. The zero-order chi connectivity index (χ0) is 57.8. The minimum absolute atomic E-state index is 0.0129. The molecule has 0 aliphatic carbocycles. The molecule has 410 valence electrons. The largest absolute Gasteiger partial charge is 0.737 e. The van der Waals surface area contributed by atoms with E-state index >= 15 is 8.63 Å². The summed E-state index contributed by atoms with van der Waals surface area (Å²) in [7, 11) is 0. The summed E-state index contributed by atoms with van der Waals surface area (Å²) in [5.41, 5.74) is 2.85. The number of alkyl halides is 3. The lowest BCUT2D eigenvalue weighted by atomic mass is 9.81. The van der Waals surface area contributed by atoms with Crippen LogP contribution in [0.1, 0.15) is 74.5 Å². The second-order valence-electron chi connectivity index (χ2n) is 20.7. The molecule has 12 nitrogen and oxygen atoms in total. The smallest absolute Gasteiger partial charge is 0.457 e. The molecule has 0 saturated carbocycles. The highest BCUT2D eigenvalue weighted by Crippen LogP contribution is 2.49. The Morgan fingerprint density at radius 1 is 0.634 bits per heavy atom. The van der Waals surface area contributed by atoms with Crippen molar-refractivity contribution in [1.82, 2.24) is 9.05 Å². The van der Waals surface area contributed by atoms with Gasteiger partial charge in [0.15, 0.2) is 5.70 Å². The Hall–Kier alpha value is -9.71. The Kier molecular flexibility index (Phi) is 12.6. The van der Waals surface area contributed by atoms with Crippen LogP contribution in [0.5, 0.6) is 5.75 Å². The van der Waals surface area contributed by atoms with E-state index in [9.17, 15) is 37.1 Å². The number of fused-ring (bicyclic) bond motifs is 4. The monoisotopic (exact) mass is 1110 g/mol. The molecule has 10 aromatic rings. The van der Waals surface area contributed by atoms with E-state index in [1.54, 1.807) is 113 Å². The number of hydrogen-bond acceptors (Lipinski definition) is 9. The SMILES string of the molecule is CC1=C(C(=O)OCc2ccccc2)C(C)=[N+]2C1=C(c1c(C)cc(OC(=O)Cn3c(=O)c4ccc5oc6ccc(-c7ccc(C(F)(F)F)cc7)cc6c6ccc(c3=O)c4c56)cc1C)c1c(C)c(C(=O)OCc3ccccc3)c(C)n1[B-]2(F)F. The lowest BCUT2D eigenvalue weighted by Crippen LogP contribution is -2.52. The van der Waals surface area contributed by atoms with Crippen LogP contribution in [0.25, 0.3) is 60.2 Å². The second kappa shape index (κ2) is 19.5. The Balaban J connectivity index is 0.908. The summed E-state index contributed by atoms with van der Waals surface area (Å²) in [6, 6.07) is 37.3. The van der Waals surface area contributed by atoms with Crippen molar-refractivity contribution in [3.8, 4) is 16.9 Å². The van der Waals surface area contributed by atoms with Gasteiger partial charge in [-0.15, -0.1) is 0 Å². The third-order valence-corrected chi connectivity index (χ3v) is 15.7. The Morgan fingerprint density at radius 3 is 1.80 bits per heavy atom. The number of carbonyl (C=O) groups is 3. The van der Waals surface area contributed by atoms with E-state index in [-0.39, 0.29) is 80.4 Å². The highest BCUT2D eigenvalue weighted by Gasteiger charge is 2.58. The number of benzene rings is 7. The van der Waals surface area contributed by atoms with Crippen LogP contribution in [-0.4, -0.2) is 44.1 Å². The first-order valence-electron chi connectivity index (χ1n) is 26.2. The summed E-state index contributed by atoms with van der Waals surface area (Å²) in [5.74, 6) is -2.58. The molecular weight excluding hydrogens is 1060 g/mol. The van der Waals surface area contributed by atoms with Gasteiger partial charge in [0.2, 0.25) is 0 Å². The topological polar surface area (TPSA) is 139 Å². The molecule has 18 heteroatoms. The van der Waals surface area contributed by atoms with Crippen molar-refractivity contribution in [2.24, 2.45) is 0 Å². The average molecular weight is 1110 g/mol. The van der Waals surface area contributed by atoms with Gasteiger partial charge in [0.25, 0.3) is 11.1 Å². The van der Waals surface area contributed by atoms with Crippen LogP contribution in [0, 0.1) is 27.7 Å². The quantitative estimate of drug-likeness (QED) is 0.0309. The fourth-order valence-electron chi connectivity index (χ4n) is 12.1. The summed E-state index contributed by atoms with van der Waals surface area (Å²) < 4.78 is 102. The van der Waals surface area contributed by atoms with E-state index in [1.807, 2.05) is 12.1 Å². The van der Waals surface area contributed by atoms with Gasteiger partial charge in [0, 0.05) is 45.1 Å². The molecule has 82 heavy (non-hydrogen) atoms. The van der Waals surface area contributed by atoms with E-state index in [1.165, 1.54) is 44.2 Å². The number of nitrogens with zero attached hydrogens (tertiary/aromatic N) is 3. The van der Waals surface area contributed by atoms with Crippen LogP contribution in [-0.2, 0) is 45.0 Å². The molecule has 12 rings (SSSR count). The molecule has 7 aromatic carbocycles. The molecule has 0 saturated heterocycles. The predicted octanol–water partition coefficient (Wildman–Crippen LogP) is 13.1. The van der Waals surface area contributed by atoms with Crippen molar-refractivity contribution in [3.05, 3.63) is 233 Å². The molecule has 2 aliphatic heterocycles. The maximum Gasteiger partial charge on any atom is 0.737 e. The van der Waals surface area contributed by atoms with Crippen molar-refractivity contribution in [3.63, 3.8) is 0 Å². The van der Waals surface area contributed by atoms with Gasteiger partial charge in [0.1, 0.15) is 48.0 Å². The summed E-state index contributed by atoms with van der Waals surface area (Å²) in [6.07, 6.45) is -4.50. The molecule has 0 fully saturated rings. The number of pyridine rings is 1. The van der Waals surface area contributed by atoms with Crippen molar-refractivity contribution in [2.45, 2.75) is 67.5 Å². The Bertz CT molecular complexity index is 4580. The average Bonchev–Trinajstić information content (AvgIpc) is 1.63. The van der Waals surface area contributed by atoms with E-state index in [0.29, 0.717) is 71.7 Å². The number of aromatic nitrogens is 2. The predicted molar refractivity (Wildman–Crippen MR) is 301 cm³/mol. The number of allylic oxidation sites excluding steroid dienone is 1. The van der Waals surface area contributed by atoms with E-state index in [2.05, 4.69) is 0 Å². The normalized spacial score (nSPS) is 14.1. The van der Waals surface area contributed by atoms with Gasteiger partial charge in [-0.25, -0.2) is 14.4 Å². The highest BCUT2D eigenvalue weighted by atomic mass is 19.4. The second-order valence-corrected chi connectivity index (χ2v) is 20.7. The van der Waals surface area contributed by atoms with E-state index in [4.69, 9.17) is 18.6 Å². The summed E-state index contributed by atoms with van der Waals surface area (Å²) >= 11 is 0. The Labute approximate surface area is 463 Å². The summed E-state index contributed by atoms with van der Waals surface area (Å²) in [4.78, 5) is 70.8. The van der Waals surface area contributed by atoms with E-state index < -0.39 is 54.3 Å². The third-order valence-electron chi connectivity index (χ3n) is 15.7. The number of hydrogen-bond donors (Lipinski definition) is 0. The van der Waals surface area contributed by atoms with Crippen LogP contribution in [0.3, 0.4) is 0 Å². The molecule has 0 bridgehead atoms.